The fourth-order valence-electron chi connectivity index (χ4n) is 2.19. The van der Waals surface area contributed by atoms with Gasteiger partial charge in [0, 0.05) is 13.1 Å². The molecule has 0 saturated carbocycles. The highest BCUT2D eigenvalue weighted by molar-refractivity contribution is 7.89. The Hall–Kier alpha value is -0.870. The second kappa shape index (κ2) is 8.54. The number of sulfonamides is 1. The lowest BCUT2D eigenvalue weighted by atomic mass is 10.0. The average molecular weight is 311 g/mol. The first-order valence-electron chi connectivity index (χ1n) is 8.03. The van der Waals surface area contributed by atoms with Gasteiger partial charge in [-0.25, -0.2) is 8.42 Å². The summed E-state index contributed by atoms with van der Waals surface area (Å²) in [7, 11) is -3.35. The van der Waals surface area contributed by atoms with Gasteiger partial charge in [0.25, 0.3) is 0 Å². The van der Waals surface area contributed by atoms with E-state index in [1.165, 1.54) is 5.56 Å². The lowest BCUT2D eigenvalue weighted by Crippen LogP contribution is -2.33. The minimum absolute atomic E-state index is 0.415. The molecule has 0 bridgehead atoms. The van der Waals surface area contributed by atoms with E-state index in [2.05, 4.69) is 27.7 Å². The summed E-state index contributed by atoms with van der Waals surface area (Å²) in [6, 6.07) is 7.34. The zero-order valence-corrected chi connectivity index (χ0v) is 14.6. The molecule has 0 aliphatic heterocycles. The van der Waals surface area contributed by atoms with E-state index in [-0.39, 0.29) is 0 Å². The molecule has 0 atom stereocenters. The summed E-state index contributed by atoms with van der Waals surface area (Å²) in [5.74, 6) is 0.415. The molecule has 1 aromatic carbocycles. The highest BCUT2D eigenvalue weighted by Gasteiger charge is 2.23. The molecule has 0 N–H and O–H groups in total. The maximum absolute atomic E-state index is 12.8. The third kappa shape index (κ3) is 5.11. The minimum Gasteiger partial charge on any atom is -0.207 e. The van der Waals surface area contributed by atoms with Gasteiger partial charge in [-0.05, 0) is 36.5 Å². The van der Waals surface area contributed by atoms with Crippen LogP contribution in [0.25, 0.3) is 0 Å². The van der Waals surface area contributed by atoms with E-state index < -0.39 is 10.0 Å². The van der Waals surface area contributed by atoms with E-state index in [1.807, 2.05) is 12.1 Å². The van der Waals surface area contributed by atoms with Gasteiger partial charge in [0.15, 0.2) is 0 Å². The van der Waals surface area contributed by atoms with Gasteiger partial charge in [-0.2, -0.15) is 4.31 Å². The van der Waals surface area contributed by atoms with Crippen molar-refractivity contribution >= 4 is 10.0 Å². The first-order valence-corrected chi connectivity index (χ1v) is 9.47. The smallest absolute Gasteiger partial charge is 0.207 e. The van der Waals surface area contributed by atoms with Gasteiger partial charge in [-0.1, -0.05) is 52.7 Å². The van der Waals surface area contributed by atoms with Crippen LogP contribution in [0.15, 0.2) is 29.2 Å². The molecule has 0 heterocycles. The van der Waals surface area contributed by atoms with Crippen molar-refractivity contribution in [2.45, 2.75) is 64.2 Å². The van der Waals surface area contributed by atoms with Crippen LogP contribution in [0.5, 0.6) is 0 Å². The van der Waals surface area contributed by atoms with E-state index in [0.717, 1.165) is 25.7 Å². The first kappa shape index (κ1) is 18.2. The Morgan fingerprint density at radius 1 is 0.952 bits per heavy atom. The molecule has 0 unspecified atom stereocenters. The van der Waals surface area contributed by atoms with Crippen molar-refractivity contribution in [2.24, 2.45) is 0 Å². The topological polar surface area (TPSA) is 37.4 Å². The van der Waals surface area contributed by atoms with Crippen molar-refractivity contribution in [3.63, 3.8) is 0 Å². The molecule has 4 heteroatoms. The molecule has 0 fully saturated rings. The number of unbranched alkanes of at least 4 members (excludes halogenated alkanes) is 2. The monoisotopic (exact) mass is 311 g/mol. The third-order valence-corrected chi connectivity index (χ3v) is 5.62. The lowest BCUT2D eigenvalue weighted by molar-refractivity contribution is 0.395. The van der Waals surface area contributed by atoms with Gasteiger partial charge in [0.05, 0.1) is 4.90 Å². The van der Waals surface area contributed by atoms with Gasteiger partial charge in [0.1, 0.15) is 0 Å². The largest absolute Gasteiger partial charge is 0.243 e. The van der Waals surface area contributed by atoms with E-state index in [9.17, 15) is 8.42 Å². The van der Waals surface area contributed by atoms with Crippen LogP contribution in [-0.2, 0) is 10.0 Å². The third-order valence-electron chi connectivity index (χ3n) is 3.71. The maximum Gasteiger partial charge on any atom is 0.243 e. The van der Waals surface area contributed by atoms with Gasteiger partial charge < -0.3 is 0 Å². The summed E-state index contributed by atoms with van der Waals surface area (Å²) in [5.41, 5.74) is 1.17. The van der Waals surface area contributed by atoms with Crippen molar-refractivity contribution in [3.05, 3.63) is 29.8 Å². The van der Waals surface area contributed by atoms with Gasteiger partial charge >= 0.3 is 0 Å². The molecule has 1 aromatic rings. The van der Waals surface area contributed by atoms with Crippen molar-refractivity contribution < 1.29 is 8.42 Å². The molecule has 0 radical (unpaired) electrons. The number of nitrogens with zero attached hydrogens (tertiary/aromatic N) is 1. The van der Waals surface area contributed by atoms with Crippen molar-refractivity contribution in [1.29, 1.82) is 0 Å². The van der Waals surface area contributed by atoms with Crippen LogP contribution in [-0.4, -0.2) is 25.8 Å². The summed E-state index contributed by atoms with van der Waals surface area (Å²) in [6.07, 6.45) is 3.83. The summed E-state index contributed by atoms with van der Waals surface area (Å²) < 4.78 is 27.1. The fourth-order valence-corrected chi connectivity index (χ4v) is 3.71. The van der Waals surface area contributed by atoms with Crippen LogP contribution in [0.2, 0.25) is 0 Å². The van der Waals surface area contributed by atoms with Crippen molar-refractivity contribution in [1.82, 2.24) is 4.31 Å². The van der Waals surface area contributed by atoms with Crippen molar-refractivity contribution in [2.75, 3.05) is 13.1 Å². The summed E-state index contributed by atoms with van der Waals surface area (Å²) >= 11 is 0. The molecule has 0 amide bonds. The molecule has 3 nitrogen and oxygen atoms in total. The van der Waals surface area contributed by atoms with Gasteiger partial charge in [-0.15, -0.1) is 0 Å². The fraction of sp³-hybridized carbons (Fsp3) is 0.647. The first-order chi connectivity index (χ1) is 9.93. The molecule has 0 spiro atoms. The van der Waals surface area contributed by atoms with Gasteiger partial charge in [0.2, 0.25) is 10.0 Å². The second-order valence-corrected chi connectivity index (χ2v) is 7.77. The van der Waals surface area contributed by atoms with E-state index in [4.69, 9.17) is 0 Å². The van der Waals surface area contributed by atoms with Gasteiger partial charge in [-0.3, -0.25) is 0 Å². The van der Waals surface area contributed by atoms with Crippen LogP contribution < -0.4 is 0 Å². The number of hydrogen-bond acceptors (Lipinski definition) is 2. The quantitative estimate of drug-likeness (QED) is 0.678. The van der Waals surface area contributed by atoms with E-state index in [0.29, 0.717) is 23.9 Å². The summed E-state index contributed by atoms with van der Waals surface area (Å²) in [6.45, 7) is 9.62. The highest BCUT2D eigenvalue weighted by atomic mass is 32.2. The molecule has 0 aliphatic rings. The Kier molecular flexibility index (Phi) is 7.40. The standard InChI is InChI=1S/C17H29NO2S/c1-5-7-13-18(14-8-6-2)21(19,20)17-11-9-16(10-12-17)15(3)4/h9-12,15H,5-8,13-14H2,1-4H3. The summed E-state index contributed by atoms with van der Waals surface area (Å²) in [4.78, 5) is 0.416. The molecule has 0 aliphatic carbocycles. The predicted molar refractivity (Wildman–Crippen MR) is 89.1 cm³/mol. The minimum atomic E-state index is -3.35. The Morgan fingerprint density at radius 2 is 1.43 bits per heavy atom. The molecule has 21 heavy (non-hydrogen) atoms. The second-order valence-electron chi connectivity index (χ2n) is 5.83. The van der Waals surface area contributed by atoms with Crippen LogP contribution in [0.4, 0.5) is 0 Å². The molecule has 1 rings (SSSR count). The zero-order valence-electron chi connectivity index (χ0n) is 13.8. The Balaban J connectivity index is 2.97. The number of hydrogen-bond donors (Lipinski definition) is 0. The maximum atomic E-state index is 12.8. The molecule has 0 aromatic heterocycles. The SMILES string of the molecule is CCCCN(CCCC)S(=O)(=O)c1ccc(C(C)C)cc1. The Morgan fingerprint density at radius 3 is 1.81 bits per heavy atom. The molecule has 120 valence electrons. The van der Waals surface area contributed by atoms with Crippen LogP contribution >= 0.6 is 0 Å². The average Bonchev–Trinajstić information content (AvgIpc) is 2.47. The molecular weight excluding hydrogens is 282 g/mol. The van der Waals surface area contributed by atoms with E-state index in [1.54, 1.807) is 16.4 Å². The zero-order chi connectivity index (χ0) is 15.9. The Labute approximate surface area is 130 Å². The lowest BCUT2D eigenvalue weighted by Gasteiger charge is -2.22. The Bertz CT molecular complexity index is 498. The van der Waals surface area contributed by atoms with E-state index >= 15 is 0 Å². The van der Waals surface area contributed by atoms with Crippen LogP contribution in [0, 0.1) is 0 Å². The highest BCUT2D eigenvalue weighted by Crippen LogP contribution is 2.21. The van der Waals surface area contributed by atoms with Crippen LogP contribution in [0.1, 0.15) is 64.9 Å². The van der Waals surface area contributed by atoms with Crippen LogP contribution in [0.3, 0.4) is 0 Å². The molecular formula is C17H29NO2S. The summed E-state index contributed by atoms with van der Waals surface area (Å²) in [5, 5.41) is 0. The number of benzene rings is 1. The van der Waals surface area contributed by atoms with Crippen molar-refractivity contribution in [3.8, 4) is 0 Å². The normalized spacial score (nSPS) is 12.3. The number of rotatable bonds is 9. The predicted octanol–water partition coefficient (Wildman–Crippen LogP) is 4.40. The molecule has 0 saturated heterocycles.